The third-order valence-corrected chi connectivity index (χ3v) is 1.92. The number of thiol groups is 1. The zero-order valence-electron chi connectivity index (χ0n) is 5.15. The van der Waals surface area contributed by atoms with Crippen LogP contribution in [0.2, 0.25) is 0 Å². The molecular weight excluding hydrogens is 164 g/mol. The Labute approximate surface area is 68.8 Å². The lowest BCUT2D eigenvalue weighted by molar-refractivity contribution is -0.106. The number of hydrogen-bond acceptors (Lipinski definition) is 2. The quantitative estimate of drug-likeness (QED) is 0.532. The highest BCUT2D eigenvalue weighted by atomic mass is 32.1. The van der Waals surface area contributed by atoms with Crippen LogP contribution in [0.1, 0.15) is 4.88 Å². The predicted molar refractivity (Wildman–Crippen MR) is 47.3 cm³/mol. The second-order valence-electron chi connectivity index (χ2n) is 1.69. The summed E-state index contributed by atoms with van der Waals surface area (Å²) in [6, 6.07) is 3.88. The van der Waals surface area contributed by atoms with Crippen LogP contribution in [0.5, 0.6) is 0 Å². The van der Waals surface area contributed by atoms with Gasteiger partial charge < -0.3 is 0 Å². The summed E-state index contributed by atoms with van der Waals surface area (Å²) >= 11 is 5.18. The molecule has 0 saturated carbocycles. The van der Waals surface area contributed by atoms with Gasteiger partial charge in [-0.05, 0) is 23.6 Å². The molecule has 0 fully saturated rings. The van der Waals surface area contributed by atoms with Crippen molar-refractivity contribution in [2.45, 2.75) is 0 Å². The van der Waals surface area contributed by atoms with Crippen molar-refractivity contribution in [3.63, 3.8) is 0 Å². The van der Waals surface area contributed by atoms with E-state index in [9.17, 15) is 4.79 Å². The van der Waals surface area contributed by atoms with Gasteiger partial charge in [-0.1, -0.05) is 6.07 Å². The van der Waals surface area contributed by atoms with Crippen LogP contribution in [0.3, 0.4) is 0 Å². The molecule has 0 bridgehead atoms. The fourth-order valence-corrected chi connectivity index (χ4v) is 1.23. The lowest BCUT2D eigenvalue weighted by Crippen LogP contribution is -1.72. The predicted octanol–water partition coefficient (Wildman–Crippen LogP) is 2.22. The van der Waals surface area contributed by atoms with Gasteiger partial charge in [0, 0.05) is 4.88 Å². The molecule has 0 saturated heterocycles. The summed E-state index contributed by atoms with van der Waals surface area (Å²) in [5.41, 5.74) is 0. The van der Waals surface area contributed by atoms with Crippen LogP contribution in [-0.4, -0.2) is 5.12 Å². The minimum atomic E-state index is -0.214. The Balaban J connectivity index is 2.64. The molecule has 0 aromatic carbocycles. The highest BCUT2D eigenvalue weighted by molar-refractivity contribution is 7.97. The lowest BCUT2D eigenvalue weighted by Gasteiger charge is -1.78. The maximum atomic E-state index is 10.3. The number of hydrogen-bond donors (Lipinski definition) is 1. The molecule has 0 aliphatic carbocycles. The molecule has 0 unspecified atom stereocenters. The average molecular weight is 170 g/mol. The van der Waals surface area contributed by atoms with Crippen molar-refractivity contribution >= 4 is 35.2 Å². The number of carbonyl (C=O) groups is 1. The highest BCUT2D eigenvalue weighted by Crippen LogP contribution is 2.09. The largest absolute Gasteiger partial charge is 0.283 e. The first-order valence-corrected chi connectivity index (χ1v) is 4.06. The maximum Gasteiger partial charge on any atom is 0.209 e. The van der Waals surface area contributed by atoms with E-state index in [0.29, 0.717) is 0 Å². The average Bonchev–Trinajstić information content (AvgIpc) is 2.34. The van der Waals surface area contributed by atoms with Crippen molar-refractivity contribution in [3.8, 4) is 0 Å². The molecule has 1 aromatic rings. The Morgan fingerprint density at radius 1 is 1.70 bits per heavy atom. The monoisotopic (exact) mass is 170 g/mol. The van der Waals surface area contributed by atoms with Gasteiger partial charge in [-0.3, -0.25) is 4.79 Å². The summed E-state index contributed by atoms with van der Waals surface area (Å²) in [5.74, 6) is 0. The van der Waals surface area contributed by atoms with E-state index >= 15 is 0 Å². The van der Waals surface area contributed by atoms with E-state index in [1.165, 1.54) is 6.08 Å². The first kappa shape index (κ1) is 7.57. The van der Waals surface area contributed by atoms with Crippen LogP contribution in [0.4, 0.5) is 0 Å². The van der Waals surface area contributed by atoms with Crippen LogP contribution in [0, 0.1) is 0 Å². The Bertz CT molecular complexity index is 236. The fourth-order valence-electron chi connectivity index (χ4n) is 0.540. The Morgan fingerprint density at radius 2 is 2.50 bits per heavy atom. The van der Waals surface area contributed by atoms with Crippen molar-refractivity contribution in [1.82, 2.24) is 0 Å². The Hall–Kier alpha value is -0.540. The summed E-state index contributed by atoms with van der Waals surface area (Å²) in [5, 5.41) is 1.75. The molecule has 0 atom stereocenters. The minimum absolute atomic E-state index is 0.214. The van der Waals surface area contributed by atoms with E-state index in [1.807, 2.05) is 17.5 Å². The molecule has 1 rings (SSSR count). The van der Waals surface area contributed by atoms with E-state index in [-0.39, 0.29) is 5.12 Å². The molecule has 10 heavy (non-hydrogen) atoms. The smallest absolute Gasteiger partial charge is 0.209 e. The van der Waals surface area contributed by atoms with Gasteiger partial charge in [-0.15, -0.1) is 24.0 Å². The van der Waals surface area contributed by atoms with Gasteiger partial charge >= 0.3 is 0 Å². The SMILES string of the molecule is O=C(S)/C=C/c1cccs1. The zero-order chi connectivity index (χ0) is 7.40. The third kappa shape index (κ3) is 2.37. The topological polar surface area (TPSA) is 17.1 Å². The van der Waals surface area contributed by atoms with Gasteiger partial charge in [0.05, 0.1) is 0 Å². The first-order valence-electron chi connectivity index (χ1n) is 2.73. The molecule has 52 valence electrons. The van der Waals surface area contributed by atoms with E-state index in [1.54, 1.807) is 17.4 Å². The van der Waals surface area contributed by atoms with E-state index in [4.69, 9.17) is 0 Å². The second-order valence-corrected chi connectivity index (χ2v) is 3.11. The summed E-state index contributed by atoms with van der Waals surface area (Å²) in [7, 11) is 0. The first-order chi connectivity index (χ1) is 4.79. The summed E-state index contributed by atoms with van der Waals surface area (Å²) in [6.45, 7) is 0. The standard InChI is InChI=1S/C7H6OS2/c8-7(9)4-3-6-2-1-5-10-6/h1-5H,(H,8,9)/b4-3+. The van der Waals surface area contributed by atoms with Crippen molar-refractivity contribution < 1.29 is 4.79 Å². The number of thiophene rings is 1. The molecule has 1 nitrogen and oxygen atoms in total. The van der Waals surface area contributed by atoms with E-state index in [0.717, 1.165) is 4.88 Å². The molecule has 0 aliphatic rings. The Kier molecular flexibility index (Phi) is 2.71. The number of carbonyl (C=O) groups excluding carboxylic acids is 1. The van der Waals surface area contributed by atoms with Crippen LogP contribution in [-0.2, 0) is 4.79 Å². The molecule has 0 radical (unpaired) electrons. The second kappa shape index (κ2) is 3.58. The molecular formula is C7H6OS2. The van der Waals surface area contributed by atoms with Gasteiger partial charge in [-0.2, -0.15) is 0 Å². The molecule has 0 aliphatic heterocycles. The van der Waals surface area contributed by atoms with Crippen molar-refractivity contribution in [2.24, 2.45) is 0 Å². The van der Waals surface area contributed by atoms with Gasteiger partial charge in [0.2, 0.25) is 5.12 Å². The normalized spacial score (nSPS) is 10.5. The van der Waals surface area contributed by atoms with Crippen LogP contribution < -0.4 is 0 Å². The maximum absolute atomic E-state index is 10.3. The minimum Gasteiger partial charge on any atom is -0.283 e. The van der Waals surface area contributed by atoms with Crippen LogP contribution >= 0.6 is 24.0 Å². The molecule has 3 heteroatoms. The Morgan fingerprint density at radius 3 is 3.00 bits per heavy atom. The summed E-state index contributed by atoms with van der Waals surface area (Å²) < 4.78 is 0. The summed E-state index contributed by atoms with van der Waals surface area (Å²) in [6.07, 6.45) is 3.19. The van der Waals surface area contributed by atoms with E-state index < -0.39 is 0 Å². The molecule has 0 amide bonds. The fraction of sp³-hybridized carbons (Fsp3) is 0. The van der Waals surface area contributed by atoms with Gasteiger partial charge in [0.1, 0.15) is 0 Å². The number of rotatable bonds is 2. The summed E-state index contributed by atoms with van der Waals surface area (Å²) in [4.78, 5) is 11.4. The van der Waals surface area contributed by atoms with Crippen molar-refractivity contribution in [2.75, 3.05) is 0 Å². The molecule has 0 spiro atoms. The third-order valence-electron chi connectivity index (χ3n) is 0.933. The van der Waals surface area contributed by atoms with Gasteiger partial charge in [0.25, 0.3) is 0 Å². The van der Waals surface area contributed by atoms with Crippen molar-refractivity contribution in [3.05, 3.63) is 28.5 Å². The van der Waals surface area contributed by atoms with Crippen molar-refractivity contribution in [1.29, 1.82) is 0 Å². The van der Waals surface area contributed by atoms with Crippen LogP contribution in [0.25, 0.3) is 6.08 Å². The molecule has 0 N–H and O–H groups in total. The van der Waals surface area contributed by atoms with Gasteiger partial charge in [0.15, 0.2) is 0 Å². The van der Waals surface area contributed by atoms with Gasteiger partial charge in [-0.25, -0.2) is 0 Å². The van der Waals surface area contributed by atoms with Crippen LogP contribution in [0.15, 0.2) is 23.6 Å². The van der Waals surface area contributed by atoms with E-state index in [2.05, 4.69) is 12.6 Å². The highest BCUT2D eigenvalue weighted by Gasteiger charge is 1.86. The lowest BCUT2D eigenvalue weighted by atomic mass is 10.4. The molecule has 1 heterocycles. The molecule has 1 aromatic heterocycles. The zero-order valence-corrected chi connectivity index (χ0v) is 6.86.